The Balaban J connectivity index is 4.19. The Morgan fingerprint density at radius 3 is 2.53 bits per heavy atom. The first-order chi connectivity index (χ1) is 7.06. The van der Waals surface area contributed by atoms with Crippen molar-refractivity contribution in [1.82, 2.24) is 10.2 Å². The summed E-state index contributed by atoms with van der Waals surface area (Å²) in [5, 5.41) is 2.63. The highest BCUT2D eigenvalue weighted by atomic mass is 16.1. The van der Waals surface area contributed by atoms with E-state index >= 15 is 0 Å². The molecule has 4 heteroatoms. The Labute approximate surface area is 93.2 Å². The lowest BCUT2D eigenvalue weighted by molar-refractivity contribution is -0.121. The minimum Gasteiger partial charge on any atom is -0.359 e. The van der Waals surface area contributed by atoms with Crippen LogP contribution >= 0.6 is 0 Å². The molecule has 0 aliphatic heterocycles. The van der Waals surface area contributed by atoms with Gasteiger partial charge >= 0.3 is 0 Å². The van der Waals surface area contributed by atoms with E-state index in [1.54, 1.807) is 7.05 Å². The van der Waals surface area contributed by atoms with Crippen molar-refractivity contribution in [2.75, 3.05) is 20.6 Å². The van der Waals surface area contributed by atoms with E-state index in [1.807, 2.05) is 7.05 Å². The van der Waals surface area contributed by atoms with E-state index in [0.717, 1.165) is 12.8 Å². The average Bonchev–Trinajstić information content (AvgIpc) is 2.24. The first kappa shape index (κ1) is 14.4. The summed E-state index contributed by atoms with van der Waals surface area (Å²) in [7, 11) is 3.70. The highest BCUT2D eigenvalue weighted by Crippen LogP contribution is 2.10. The molecule has 0 aromatic rings. The highest BCUT2D eigenvalue weighted by Gasteiger charge is 2.20. The summed E-state index contributed by atoms with van der Waals surface area (Å²) < 4.78 is 0. The molecule has 0 rings (SSSR count). The lowest BCUT2D eigenvalue weighted by atomic mass is 10.1. The topological polar surface area (TPSA) is 58.4 Å². The molecule has 2 atom stereocenters. The van der Waals surface area contributed by atoms with Crippen molar-refractivity contribution in [2.24, 2.45) is 5.73 Å². The SMILES string of the molecule is CCCC(C)N(C)C(CN)CC(=O)NC. The number of likely N-dealkylation sites (N-methyl/N-ethyl adjacent to an activating group) is 1. The molecule has 0 bridgehead atoms. The number of nitrogens with two attached hydrogens (primary N) is 1. The minimum atomic E-state index is 0.0565. The number of carbonyl (C=O) groups is 1. The molecule has 3 N–H and O–H groups in total. The average molecular weight is 215 g/mol. The first-order valence-electron chi connectivity index (χ1n) is 5.69. The number of amides is 1. The number of nitrogens with zero attached hydrogens (tertiary/aromatic N) is 1. The maximum absolute atomic E-state index is 11.3. The van der Waals surface area contributed by atoms with Crippen molar-refractivity contribution in [3.63, 3.8) is 0 Å². The van der Waals surface area contributed by atoms with E-state index in [9.17, 15) is 4.79 Å². The zero-order valence-corrected chi connectivity index (χ0v) is 10.4. The van der Waals surface area contributed by atoms with Crippen molar-refractivity contribution in [3.8, 4) is 0 Å². The minimum absolute atomic E-state index is 0.0565. The maximum Gasteiger partial charge on any atom is 0.221 e. The zero-order chi connectivity index (χ0) is 11.8. The van der Waals surface area contributed by atoms with Crippen LogP contribution in [-0.4, -0.2) is 43.5 Å². The molecule has 0 aromatic heterocycles. The van der Waals surface area contributed by atoms with Gasteiger partial charge in [-0.1, -0.05) is 13.3 Å². The van der Waals surface area contributed by atoms with Gasteiger partial charge in [0.2, 0.25) is 5.91 Å². The Hall–Kier alpha value is -0.610. The molecule has 2 unspecified atom stereocenters. The third-order valence-electron chi connectivity index (χ3n) is 2.95. The molecule has 0 heterocycles. The molecular weight excluding hydrogens is 190 g/mol. The maximum atomic E-state index is 11.3. The lowest BCUT2D eigenvalue weighted by Gasteiger charge is -2.31. The van der Waals surface area contributed by atoms with Gasteiger partial charge in [-0.15, -0.1) is 0 Å². The molecule has 1 amide bonds. The van der Waals surface area contributed by atoms with Crippen LogP contribution in [-0.2, 0) is 4.79 Å². The van der Waals surface area contributed by atoms with Crippen molar-refractivity contribution in [3.05, 3.63) is 0 Å². The Bertz CT molecular complexity index is 185. The van der Waals surface area contributed by atoms with Gasteiger partial charge in [0.15, 0.2) is 0 Å². The van der Waals surface area contributed by atoms with Crippen molar-refractivity contribution in [2.45, 2.75) is 45.2 Å². The van der Waals surface area contributed by atoms with Crippen LogP contribution in [0.5, 0.6) is 0 Å². The second-order valence-electron chi connectivity index (χ2n) is 4.07. The number of hydrogen-bond acceptors (Lipinski definition) is 3. The zero-order valence-electron chi connectivity index (χ0n) is 10.4. The fourth-order valence-electron chi connectivity index (χ4n) is 1.69. The van der Waals surface area contributed by atoms with Gasteiger partial charge in [-0.05, 0) is 20.4 Å². The first-order valence-corrected chi connectivity index (χ1v) is 5.69. The molecule has 0 radical (unpaired) electrons. The number of nitrogens with one attached hydrogen (secondary N) is 1. The van der Waals surface area contributed by atoms with Crippen molar-refractivity contribution >= 4 is 5.91 Å². The fourth-order valence-corrected chi connectivity index (χ4v) is 1.69. The van der Waals surface area contributed by atoms with Crippen LogP contribution < -0.4 is 11.1 Å². The van der Waals surface area contributed by atoms with Gasteiger partial charge in [0.05, 0.1) is 0 Å². The Morgan fingerprint density at radius 2 is 2.13 bits per heavy atom. The van der Waals surface area contributed by atoms with Crippen LogP contribution in [0.15, 0.2) is 0 Å². The Morgan fingerprint density at radius 1 is 1.53 bits per heavy atom. The molecule has 0 aromatic carbocycles. The molecule has 0 aliphatic rings. The van der Waals surface area contributed by atoms with Gasteiger partial charge in [-0.25, -0.2) is 0 Å². The molecule has 4 nitrogen and oxygen atoms in total. The fraction of sp³-hybridized carbons (Fsp3) is 0.909. The van der Waals surface area contributed by atoms with Crippen LogP contribution in [0, 0.1) is 0 Å². The van der Waals surface area contributed by atoms with E-state index in [2.05, 4.69) is 24.1 Å². The molecule has 0 aliphatic carbocycles. The van der Waals surface area contributed by atoms with Crippen molar-refractivity contribution in [1.29, 1.82) is 0 Å². The summed E-state index contributed by atoms with van der Waals surface area (Å²) >= 11 is 0. The van der Waals surface area contributed by atoms with Crippen LogP contribution in [0.4, 0.5) is 0 Å². The van der Waals surface area contributed by atoms with E-state index < -0.39 is 0 Å². The molecule has 0 spiro atoms. The van der Waals surface area contributed by atoms with Gasteiger partial charge in [-0.2, -0.15) is 0 Å². The van der Waals surface area contributed by atoms with Gasteiger partial charge in [-0.3, -0.25) is 9.69 Å². The third kappa shape index (κ3) is 5.14. The van der Waals surface area contributed by atoms with Crippen LogP contribution in [0.2, 0.25) is 0 Å². The predicted molar refractivity (Wildman–Crippen MR) is 63.7 cm³/mol. The van der Waals surface area contributed by atoms with Crippen molar-refractivity contribution < 1.29 is 4.79 Å². The summed E-state index contributed by atoms with van der Waals surface area (Å²) in [6.07, 6.45) is 2.78. The second kappa shape index (κ2) is 7.65. The third-order valence-corrected chi connectivity index (χ3v) is 2.95. The molecule has 0 saturated heterocycles. The lowest BCUT2D eigenvalue weighted by Crippen LogP contribution is -2.45. The second-order valence-corrected chi connectivity index (χ2v) is 4.07. The summed E-state index contributed by atoms with van der Waals surface area (Å²) in [6.45, 7) is 4.87. The molecule has 0 saturated carbocycles. The van der Waals surface area contributed by atoms with Crippen LogP contribution in [0.25, 0.3) is 0 Å². The Kier molecular flexibility index (Phi) is 7.34. The van der Waals surface area contributed by atoms with Gasteiger partial charge < -0.3 is 11.1 Å². The number of hydrogen-bond donors (Lipinski definition) is 2. The monoisotopic (exact) mass is 215 g/mol. The number of carbonyl (C=O) groups excluding carboxylic acids is 1. The van der Waals surface area contributed by atoms with Crippen LogP contribution in [0.3, 0.4) is 0 Å². The quantitative estimate of drug-likeness (QED) is 0.653. The van der Waals surface area contributed by atoms with E-state index in [-0.39, 0.29) is 11.9 Å². The van der Waals surface area contributed by atoms with E-state index in [4.69, 9.17) is 5.73 Å². The smallest absolute Gasteiger partial charge is 0.221 e. The highest BCUT2D eigenvalue weighted by molar-refractivity contribution is 5.76. The molecule has 15 heavy (non-hydrogen) atoms. The molecule has 90 valence electrons. The number of rotatable bonds is 7. The van der Waals surface area contributed by atoms with Gasteiger partial charge in [0, 0.05) is 32.1 Å². The van der Waals surface area contributed by atoms with Gasteiger partial charge in [0.1, 0.15) is 0 Å². The largest absolute Gasteiger partial charge is 0.359 e. The van der Waals surface area contributed by atoms with E-state index in [1.165, 1.54) is 0 Å². The normalized spacial score (nSPS) is 15.1. The summed E-state index contributed by atoms with van der Waals surface area (Å²) in [5.41, 5.74) is 5.69. The van der Waals surface area contributed by atoms with Crippen LogP contribution in [0.1, 0.15) is 33.1 Å². The summed E-state index contributed by atoms with van der Waals surface area (Å²) in [5.74, 6) is 0.0565. The van der Waals surface area contributed by atoms with Gasteiger partial charge in [0.25, 0.3) is 0 Å². The molecular formula is C11H25N3O. The summed E-state index contributed by atoms with van der Waals surface area (Å²) in [4.78, 5) is 13.5. The standard InChI is InChI=1S/C11H25N3O/c1-5-6-9(2)14(4)10(8-12)7-11(15)13-3/h9-10H,5-8,12H2,1-4H3,(H,13,15). The predicted octanol–water partition coefficient (Wildman–Crippen LogP) is 0.570. The molecule has 0 fully saturated rings. The van der Waals surface area contributed by atoms with E-state index in [0.29, 0.717) is 19.0 Å². The summed E-state index contributed by atoms with van der Waals surface area (Å²) in [6, 6.07) is 0.625.